The number of amides is 2. The standard InChI is InChI=1S/C34H51N7O7/c1-2-38-14-16-40(24-32(43)44)20-18-39(19-21-41(17-15-38)25-33(45)46)23-31(42)36-22-28-8-10-29(11-9-28)26-48-37-34(47)30(35)13-12-27-6-4-3-5-7-27/h3-11,30H,2,12-26,35H2,1H3,(H,36,42)(H,37,47)(H,43,44)(H,45,46)/t30-/m1/s1. The Morgan fingerprint density at radius 3 is 1.75 bits per heavy atom. The van der Waals surface area contributed by atoms with Crippen LogP contribution in [0, 0.1) is 0 Å². The number of nitrogens with two attached hydrogens (primary N) is 1. The van der Waals surface area contributed by atoms with E-state index in [9.17, 15) is 29.4 Å². The predicted molar refractivity (Wildman–Crippen MR) is 181 cm³/mol. The molecule has 2 aromatic carbocycles. The number of carbonyl (C=O) groups excluding carboxylic acids is 2. The van der Waals surface area contributed by atoms with Crippen LogP contribution in [0.15, 0.2) is 54.6 Å². The van der Waals surface area contributed by atoms with Crippen molar-refractivity contribution in [2.75, 3.05) is 78.5 Å². The van der Waals surface area contributed by atoms with Crippen LogP contribution in [0.2, 0.25) is 0 Å². The monoisotopic (exact) mass is 669 g/mol. The lowest BCUT2D eigenvalue weighted by Crippen LogP contribution is -2.49. The molecular formula is C34H51N7O7. The van der Waals surface area contributed by atoms with Gasteiger partial charge in [0.1, 0.15) is 0 Å². The average molecular weight is 670 g/mol. The number of nitrogens with zero attached hydrogens (tertiary/aromatic N) is 4. The molecule has 48 heavy (non-hydrogen) atoms. The number of hydrogen-bond donors (Lipinski definition) is 5. The maximum atomic E-state index is 13.0. The van der Waals surface area contributed by atoms with Crippen LogP contribution in [-0.2, 0) is 43.6 Å². The molecule has 0 saturated carbocycles. The Morgan fingerprint density at radius 2 is 1.23 bits per heavy atom. The summed E-state index contributed by atoms with van der Waals surface area (Å²) in [6.45, 7) is 7.58. The van der Waals surface area contributed by atoms with Crippen LogP contribution < -0.4 is 16.5 Å². The third kappa shape index (κ3) is 15.3. The Labute approximate surface area is 282 Å². The Kier molecular flexibility index (Phi) is 17.0. The summed E-state index contributed by atoms with van der Waals surface area (Å²) in [4.78, 5) is 61.5. The van der Waals surface area contributed by atoms with Gasteiger partial charge in [-0.15, -0.1) is 0 Å². The van der Waals surface area contributed by atoms with E-state index in [1.807, 2.05) is 76.2 Å². The molecule has 0 aliphatic carbocycles. The lowest BCUT2D eigenvalue weighted by molar-refractivity contribution is -0.139. The lowest BCUT2D eigenvalue weighted by Gasteiger charge is -2.33. The van der Waals surface area contributed by atoms with Gasteiger partial charge in [-0.2, -0.15) is 0 Å². The highest BCUT2D eigenvalue weighted by Gasteiger charge is 2.20. The van der Waals surface area contributed by atoms with E-state index >= 15 is 0 Å². The summed E-state index contributed by atoms with van der Waals surface area (Å²) >= 11 is 0. The van der Waals surface area contributed by atoms with Gasteiger partial charge in [-0.3, -0.25) is 38.7 Å². The molecule has 0 spiro atoms. The molecule has 6 N–H and O–H groups in total. The fourth-order valence-electron chi connectivity index (χ4n) is 5.33. The zero-order valence-electron chi connectivity index (χ0n) is 27.9. The number of hydroxylamine groups is 1. The molecule has 14 nitrogen and oxygen atoms in total. The van der Waals surface area contributed by atoms with Crippen LogP contribution in [0.1, 0.15) is 30.0 Å². The molecule has 1 fully saturated rings. The largest absolute Gasteiger partial charge is 0.480 e. The van der Waals surface area contributed by atoms with Gasteiger partial charge in [-0.25, -0.2) is 5.48 Å². The molecule has 2 aromatic rings. The minimum absolute atomic E-state index is 0.0849. The normalized spacial score (nSPS) is 16.7. The first-order valence-electron chi connectivity index (χ1n) is 16.5. The molecule has 1 aliphatic rings. The molecule has 0 aromatic heterocycles. The van der Waals surface area contributed by atoms with Crippen LogP contribution >= 0.6 is 0 Å². The van der Waals surface area contributed by atoms with Crippen molar-refractivity contribution < 1.29 is 34.2 Å². The number of benzene rings is 2. The van der Waals surface area contributed by atoms with Gasteiger partial charge in [0, 0.05) is 58.9 Å². The van der Waals surface area contributed by atoms with Crippen molar-refractivity contribution in [2.24, 2.45) is 5.73 Å². The average Bonchev–Trinajstić information content (AvgIpc) is 3.06. The molecular weight excluding hydrogens is 618 g/mol. The van der Waals surface area contributed by atoms with Gasteiger partial charge >= 0.3 is 11.9 Å². The van der Waals surface area contributed by atoms with Crippen molar-refractivity contribution in [2.45, 2.75) is 39.0 Å². The molecule has 1 atom stereocenters. The Bertz CT molecular complexity index is 1250. The summed E-state index contributed by atoms with van der Waals surface area (Å²) in [7, 11) is 0. The molecule has 0 radical (unpaired) electrons. The van der Waals surface area contributed by atoms with Crippen molar-refractivity contribution in [3.63, 3.8) is 0 Å². The van der Waals surface area contributed by atoms with Gasteiger partial charge in [0.2, 0.25) is 5.91 Å². The minimum Gasteiger partial charge on any atom is -0.480 e. The third-order valence-corrected chi connectivity index (χ3v) is 8.31. The zero-order chi connectivity index (χ0) is 34.7. The number of aryl methyl sites for hydroxylation is 1. The SMILES string of the molecule is CCN1CCN(CC(=O)O)CCN(CC(=O)NCc2ccc(CONC(=O)[C@H](N)CCc3ccccc3)cc2)CCN(CC(=O)O)CC1. The summed E-state index contributed by atoms with van der Waals surface area (Å²) in [6, 6.07) is 16.6. The smallest absolute Gasteiger partial charge is 0.317 e. The van der Waals surface area contributed by atoms with Crippen molar-refractivity contribution >= 4 is 23.8 Å². The van der Waals surface area contributed by atoms with E-state index in [1.165, 1.54) is 0 Å². The van der Waals surface area contributed by atoms with Crippen molar-refractivity contribution in [1.82, 2.24) is 30.4 Å². The molecule has 3 rings (SSSR count). The minimum atomic E-state index is -0.900. The van der Waals surface area contributed by atoms with E-state index < -0.39 is 18.0 Å². The number of carbonyl (C=O) groups is 4. The molecule has 1 saturated heterocycles. The lowest BCUT2D eigenvalue weighted by atomic mass is 10.1. The van der Waals surface area contributed by atoms with Crippen molar-refractivity contribution in [3.05, 3.63) is 71.3 Å². The van der Waals surface area contributed by atoms with E-state index in [0.29, 0.717) is 71.7 Å². The quantitative estimate of drug-likeness (QED) is 0.154. The maximum absolute atomic E-state index is 13.0. The number of likely N-dealkylation sites (N-methyl/N-ethyl adjacent to an activating group) is 1. The second-order valence-corrected chi connectivity index (χ2v) is 12.0. The fraction of sp³-hybridized carbons (Fsp3) is 0.529. The highest BCUT2D eigenvalue weighted by Crippen LogP contribution is 2.07. The van der Waals surface area contributed by atoms with Crippen molar-refractivity contribution in [1.29, 1.82) is 0 Å². The molecule has 0 bridgehead atoms. The van der Waals surface area contributed by atoms with Gasteiger partial charge < -0.3 is 26.2 Å². The third-order valence-electron chi connectivity index (χ3n) is 8.31. The van der Waals surface area contributed by atoms with E-state index in [2.05, 4.69) is 15.7 Å². The van der Waals surface area contributed by atoms with Gasteiger partial charge in [-0.05, 0) is 36.1 Å². The fourth-order valence-corrected chi connectivity index (χ4v) is 5.33. The molecule has 1 heterocycles. The van der Waals surface area contributed by atoms with E-state index in [-0.39, 0.29) is 38.1 Å². The van der Waals surface area contributed by atoms with Crippen LogP contribution in [-0.4, -0.2) is 138 Å². The number of rotatable bonds is 16. The zero-order valence-corrected chi connectivity index (χ0v) is 27.9. The molecule has 2 amide bonds. The van der Waals surface area contributed by atoms with Crippen molar-refractivity contribution in [3.8, 4) is 0 Å². The van der Waals surface area contributed by atoms with Gasteiger partial charge in [-0.1, -0.05) is 61.5 Å². The van der Waals surface area contributed by atoms with E-state index in [4.69, 9.17) is 10.6 Å². The Balaban J connectivity index is 1.45. The molecule has 0 unspecified atom stereocenters. The number of carboxylic acid groups (broad SMARTS) is 2. The summed E-state index contributed by atoms with van der Waals surface area (Å²) in [5.74, 6) is -2.37. The van der Waals surface area contributed by atoms with E-state index in [1.54, 1.807) is 0 Å². The van der Waals surface area contributed by atoms with Gasteiger partial charge in [0.15, 0.2) is 0 Å². The molecule has 1 aliphatic heterocycles. The summed E-state index contributed by atoms with van der Waals surface area (Å²) in [5, 5.41) is 21.8. The Hall–Kier alpha value is -3.92. The number of carboxylic acids is 2. The number of nitrogens with one attached hydrogen (secondary N) is 2. The van der Waals surface area contributed by atoms with E-state index in [0.717, 1.165) is 23.2 Å². The van der Waals surface area contributed by atoms with Crippen LogP contribution in [0.5, 0.6) is 0 Å². The van der Waals surface area contributed by atoms with Crippen LogP contribution in [0.3, 0.4) is 0 Å². The predicted octanol–water partition coefficient (Wildman–Crippen LogP) is 0.221. The number of aliphatic carboxylic acids is 2. The summed E-state index contributed by atoms with van der Waals surface area (Å²) < 4.78 is 0. The highest BCUT2D eigenvalue weighted by atomic mass is 16.6. The highest BCUT2D eigenvalue weighted by molar-refractivity contribution is 5.80. The van der Waals surface area contributed by atoms with Gasteiger partial charge in [0.05, 0.1) is 32.3 Å². The maximum Gasteiger partial charge on any atom is 0.317 e. The van der Waals surface area contributed by atoms with Crippen LogP contribution in [0.25, 0.3) is 0 Å². The molecule has 14 heteroatoms. The second kappa shape index (κ2) is 21.1. The topological polar surface area (TPSA) is 181 Å². The summed E-state index contributed by atoms with van der Waals surface area (Å²) in [6.07, 6.45) is 1.20. The van der Waals surface area contributed by atoms with Gasteiger partial charge in [0.25, 0.3) is 5.91 Å². The first-order chi connectivity index (χ1) is 23.1. The number of hydrogen-bond acceptors (Lipinski definition) is 10. The molecule has 264 valence electrons. The summed E-state index contributed by atoms with van der Waals surface area (Å²) in [5.41, 5.74) is 11.3. The first kappa shape index (κ1) is 38.5. The Morgan fingerprint density at radius 1 is 0.729 bits per heavy atom. The second-order valence-electron chi connectivity index (χ2n) is 12.0. The first-order valence-corrected chi connectivity index (χ1v) is 16.5. The van der Waals surface area contributed by atoms with Crippen LogP contribution in [0.4, 0.5) is 0 Å².